The van der Waals surface area contributed by atoms with Crippen LogP contribution in [0.3, 0.4) is 0 Å². The van der Waals surface area contributed by atoms with E-state index < -0.39 is 0 Å². The Morgan fingerprint density at radius 1 is 0.909 bits per heavy atom. The Bertz CT molecular complexity index is 486. The minimum absolute atomic E-state index is 0.255. The highest BCUT2D eigenvalue weighted by Gasteiger charge is 2.15. The van der Waals surface area contributed by atoms with E-state index in [4.69, 9.17) is 0 Å². The van der Waals surface area contributed by atoms with Crippen LogP contribution in [-0.2, 0) is 0 Å². The van der Waals surface area contributed by atoms with E-state index in [9.17, 15) is 5.11 Å². The van der Waals surface area contributed by atoms with Crippen LogP contribution in [0.4, 0.5) is 0 Å². The zero-order valence-electron chi connectivity index (χ0n) is 13.7. The van der Waals surface area contributed by atoms with E-state index >= 15 is 0 Å². The second-order valence-corrected chi connectivity index (χ2v) is 6.21. The molecule has 0 amide bonds. The molecule has 0 spiro atoms. The molecule has 22 heavy (non-hydrogen) atoms. The first-order valence-corrected chi connectivity index (χ1v) is 8.10. The molecule has 1 unspecified atom stereocenters. The Balaban J connectivity index is 2.06. The van der Waals surface area contributed by atoms with Gasteiger partial charge < -0.3 is 10.0 Å². The van der Waals surface area contributed by atoms with Crippen LogP contribution < -0.4 is 0 Å². The average molecular weight is 297 g/mol. The Morgan fingerprint density at radius 2 is 1.41 bits per heavy atom. The number of nitrogens with zero attached hydrogens (tertiary/aromatic N) is 1. The van der Waals surface area contributed by atoms with Crippen molar-refractivity contribution in [3.8, 4) is 0 Å². The largest absolute Gasteiger partial charge is 0.396 e. The van der Waals surface area contributed by atoms with Crippen LogP contribution in [0.2, 0.25) is 0 Å². The van der Waals surface area contributed by atoms with E-state index in [1.807, 2.05) is 0 Å². The van der Waals surface area contributed by atoms with Gasteiger partial charge in [0.2, 0.25) is 0 Å². The van der Waals surface area contributed by atoms with Crippen LogP contribution in [0.1, 0.15) is 30.4 Å². The Morgan fingerprint density at radius 3 is 1.86 bits per heavy atom. The first-order valence-electron chi connectivity index (χ1n) is 8.10. The van der Waals surface area contributed by atoms with Crippen LogP contribution in [-0.4, -0.2) is 36.8 Å². The fourth-order valence-corrected chi connectivity index (χ4v) is 2.93. The summed E-state index contributed by atoms with van der Waals surface area (Å²) in [5, 5.41) is 9.19. The van der Waals surface area contributed by atoms with E-state index in [-0.39, 0.29) is 6.61 Å². The third kappa shape index (κ3) is 4.97. The molecule has 2 aromatic carbocycles. The number of rotatable bonds is 8. The van der Waals surface area contributed by atoms with Crippen molar-refractivity contribution in [2.45, 2.75) is 19.3 Å². The highest BCUT2D eigenvalue weighted by Crippen LogP contribution is 2.27. The first-order chi connectivity index (χ1) is 10.7. The van der Waals surface area contributed by atoms with Gasteiger partial charge in [-0.2, -0.15) is 0 Å². The number of benzene rings is 2. The van der Waals surface area contributed by atoms with Crippen LogP contribution >= 0.6 is 0 Å². The van der Waals surface area contributed by atoms with Crippen molar-refractivity contribution in [3.63, 3.8) is 0 Å². The molecule has 2 aromatic rings. The summed E-state index contributed by atoms with van der Waals surface area (Å²) >= 11 is 0. The molecule has 0 aliphatic carbocycles. The van der Waals surface area contributed by atoms with E-state index in [1.165, 1.54) is 11.1 Å². The lowest BCUT2D eigenvalue weighted by Gasteiger charge is -2.24. The van der Waals surface area contributed by atoms with Crippen molar-refractivity contribution in [2.24, 2.45) is 5.92 Å². The quantitative estimate of drug-likeness (QED) is 0.802. The maximum Gasteiger partial charge on any atom is 0.0468 e. The van der Waals surface area contributed by atoms with Crippen LogP contribution in [0.25, 0.3) is 0 Å². The van der Waals surface area contributed by atoms with Gasteiger partial charge in [-0.1, -0.05) is 67.6 Å². The lowest BCUT2D eigenvalue weighted by molar-refractivity contribution is 0.189. The second-order valence-electron chi connectivity index (χ2n) is 6.21. The van der Waals surface area contributed by atoms with Crippen LogP contribution in [0.15, 0.2) is 60.7 Å². The molecule has 118 valence electrons. The van der Waals surface area contributed by atoms with Gasteiger partial charge in [0.25, 0.3) is 0 Å². The maximum atomic E-state index is 9.19. The molecule has 1 N–H and O–H groups in total. The average Bonchev–Trinajstić information content (AvgIpc) is 2.57. The van der Waals surface area contributed by atoms with E-state index in [0.29, 0.717) is 11.8 Å². The molecule has 0 aromatic heterocycles. The van der Waals surface area contributed by atoms with Crippen LogP contribution in [0.5, 0.6) is 0 Å². The molecule has 0 saturated carbocycles. The van der Waals surface area contributed by atoms with Gasteiger partial charge in [-0.25, -0.2) is 0 Å². The summed E-state index contributed by atoms with van der Waals surface area (Å²) in [7, 11) is 2.14. The second kappa shape index (κ2) is 8.72. The Hall–Kier alpha value is -1.64. The molecule has 0 aliphatic rings. The third-order valence-corrected chi connectivity index (χ3v) is 4.14. The molecular weight excluding hydrogens is 270 g/mol. The fraction of sp³-hybridized carbons (Fsp3) is 0.400. The van der Waals surface area contributed by atoms with Crippen molar-refractivity contribution in [3.05, 3.63) is 71.8 Å². The molecule has 0 bridgehead atoms. The van der Waals surface area contributed by atoms with E-state index in [1.54, 1.807) is 0 Å². The molecular formula is C20H27NO. The summed E-state index contributed by atoms with van der Waals surface area (Å²) in [5.41, 5.74) is 2.75. The van der Waals surface area contributed by atoms with Gasteiger partial charge >= 0.3 is 0 Å². The van der Waals surface area contributed by atoms with Crippen molar-refractivity contribution in [2.75, 3.05) is 26.7 Å². The highest BCUT2D eigenvalue weighted by atomic mass is 16.3. The number of aliphatic hydroxyl groups is 1. The van der Waals surface area contributed by atoms with Crippen LogP contribution in [0, 0.1) is 5.92 Å². The lowest BCUT2D eigenvalue weighted by atomic mass is 9.88. The smallest absolute Gasteiger partial charge is 0.0468 e. The molecule has 0 aliphatic heterocycles. The fourth-order valence-electron chi connectivity index (χ4n) is 2.93. The zero-order valence-corrected chi connectivity index (χ0v) is 13.7. The summed E-state index contributed by atoms with van der Waals surface area (Å²) in [6, 6.07) is 21.5. The monoisotopic (exact) mass is 297 g/mol. The zero-order chi connectivity index (χ0) is 15.8. The topological polar surface area (TPSA) is 23.5 Å². The van der Waals surface area contributed by atoms with E-state index in [0.717, 1.165) is 19.5 Å². The van der Waals surface area contributed by atoms with Gasteiger partial charge in [-0.15, -0.1) is 0 Å². The number of hydrogen-bond donors (Lipinski definition) is 1. The minimum Gasteiger partial charge on any atom is -0.396 e. The molecule has 1 atom stereocenters. The van der Waals surface area contributed by atoms with E-state index in [2.05, 4.69) is 79.5 Å². The Kier molecular flexibility index (Phi) is 6.63. The highest BCUT2D eigenvalue weighted by molar-refractivity contribution is 5.32. The molecule has 0 fully saturated rings. The lowest BCUT2D eigenvalue weighted by Crippen LogP contribution is -2.28. The van der Waals surface area contributed by atoms with Gasteiger partial charge in [0, 0.05) is 19.1 Å². The molecule has 0 heterocycles. The summed E-state index contributed by atoms with van der Waals surface area (Å²) in [4.78, 5) is 2.32. The summed E-state index contributed by atoms with van der Waals surface area (Å²) in [6.45, 7) is 4.30. The number of hydrogen-bond acceptors (Lipinski definition) is 2. The molecule has 0 saturated heterocycles. The normalized spacial score (nSPS) is 12.8. The van der Waals surface area contributed by atoms with Gasteiger partial charge in [0.15, 0.2) is 0 Å². The SMILES string of the molecule is CC(CO)CN(C)CCC(c1ccccc1)c1ccccc1. The molecule has 2 heteroatoms. The molecule has 2 rings (SSSR count). The summed E-state index contributed by atoms with van der Waals surface area (Å²) < 4.78 is 0. The van der Waals surface area contributed by atoms with Gasteiger partial charge in [-0.3, -0.25) is 0 Å². The third-order valence-electron chi connectivity index (χ3n) is 4.14. The Labute approximate surface area is 134 Å². The van der Waals surface area contributed by atoms with Crippen molar-refractivity contribution >= 4 is 0 Å². The number of aliphatic hydroxyl groups excluding tert-OH is 1. The van der Waals surface area contributed by atoms with Gasteiger partial charge in [0.1, 0.15) is 0 Å². The van der Waals surface area contributed by atoms with Gasteiger partial charge in [0.05, 0.1) is 0 Å². The maximum absolute atomic E-state index is 9.19. The molecule has 0 radical (unpaired) electrons. The standard InChI is InChI=1S/C20H27NO/c1-17(16-22)15-21(2)14-13-20(18-9-5-3-6-10-18)19-11-7-4-8-12-19/h3-12,17,20,22H,13-16H2,1-2H3. The predicted molar refractivity (Wildman–Crippen MR) is 93.1 cm³/mol. The minimum atomic E-state index is 0.255. The summed E-state index contributed by atoms with van der Waals surface area (Å²) in [6.07, 6.45) is 1.09. The predicted octanol–water partition coefficient (Wildman–Crippen LogP) is 3.77. The first kappa shape index (κ1) is 16.7. The van der Waals surface area contributed by atoms with Crippen molar-refractivity contribution in [1.82, 2.24) is 4.90 Å². The summed E-state index contributed by atoms with van der Waals surface area (Å²) in [5.74, 6) is 0.756. The van der Waals surface area contributed by atoms with Crippen molar-refractivity contribution in [1.29, 1.82) is 0 Å². The van der Waals surface area contributed by atoms with Gasteiger partial charge in [-0.05, 0) is 37.1 Å². The van der Waals surface area contributed by atoms with Crippen molar-refractivity contribution < 1.29 is 5.11 Å². The molecule has 2 nitrogen and oxygen atoms in total.